The van der Waals surface area contributed by atoms with E-state index in [9.17, 15) is 0 Å². The SMILES string of the molecule is CCCOc1ccc(Br)cc1C(N)=S. The van der Waals surface area contributed by atoms with Gasteiger partial charge in [0.1, 0.15) is 10.7 Å². The molecule has 0 spiro atoms. The summed E-state index contributed by atoms with van der Waals surface area (Å²) in [6.45, 7) is 2.73. The Labute approximate surface area is 97.6 Å². The van der Waals surface area contributed by atoms with Crippen LogP contribution in [-0.2, 0) is 0 Å². The van der Waals surface area contributed by atoms with Crippen LogP contribution in [0.4, 0.5) is 0 Å². The monoisotopic (exact) mass is 273 g/mol. The molecule has 0 heterocycles. The molecule has 0 aliphatic heterocycles. The molecule has 0 saturated carbocycles. The maximum atomic E-state index is 5.59. The van der Waals surface area contributed by atoms with Crippen molar-refractivity contribution in [2.45, 2.75) is 13.3 Å². The normalized spacial score (nSPS) is 9.86. The first-order chi connectivity index (χ1) is 6.65. The van der Waals surface area contributed by atoms with Crippen LogP contribution in [0.15, 0.2) is 22.7 Å². The van der Waals surface area contributed by atoms with Gasteiger partial charge in [0.2, 0.25) is 0 Å². The molecule has 0 radical (unpaired) electrons. The zero-order chi connectivity index (χ0) is 10.6. The zero-order valence-electron chi connectivity index (χ0n) is 7.92. The number of rotatable bonds is 4. The Morgan fingerprint density at radius 2 is 2.29 bits per heavy atom. The maximum Gasteiger partial charge on any atom is 0.129 e. The summed E-state index contributed by atoms with van der Waals surface area (Å²) in [6.07, 6.45) is 0.965. The molecule has 0 fully saturated rings. The van der Waals surface area contributed by atoms with Gasteiger partial charge in [0.05, 0.1) is 12.2 Å². The first kappa shape index (κ1) is 11.5. The molecule has 0 aliphatic carbocycles. The van der Waals surface area contributed by atoms with E-state index in [1.165, 1.54) is 0 Å². The Hall–Kier alpha value is -0.610. The lowest BCUT2D eigenvalue weighted by atomic mass is 10.2. The van der Waals surface area contributed by atoms with Gasteiger partial charge < -0.3 is 10.5 Å². The summed E-state index contributed by atoms with van der Waals surface area (Å²) in [6, 6.07) is 5.65. The van der Waals surface area contributed by atoms with Gasteiger partial charge in [-0.25, -0.2) is 0 Å². The summed E-state index contributed by atoms with van der Waals surface area (Å²) in [4.78, 5) is 0.359. The predicted octanol–water partition coefficient (Wildman–Crippen LogP) is 2.87. The van der Waals surface area contributed by atoms with E-state index < -0.39 is 0 Å². The van der Waals surface area contributed by atoms with E-state index in [0.717, 1.165) is 22.2 Å². The van der Waals surface area contributed by atoms with Crippen molar-refractivity contribution in [3.63, 3.8) is 0 Å². The van der Waals surface area contributed by atoms with E-state index in [4.69, 9.17) is 22.7 Å². The average molecular weight is 274 g/mol. The lowest BCUT2D eigenvalue weighted by Crippen LogP contribution is -2.12. The highest BCUT2D eigenvalue weighted by Gasteiger charge is 2.06. The van der Waals surface area contributed by atoms with Crippen LogP contribution >= 0.6 is 28.1 Å². The Balaban J connectivity index is 2.96. The standard InChI is InChI=1S/C10H12BrNOS/c1-2-5-13-9-4-3-7(11)6-8(9)10(12)14/h3-4,6H,2,5H2,1H3,(H2,12,14). The Morgan fingerprint density at radius 3 is 2.86 bits per heavy atom. The van der Waals surface area contributed by atoms with Crippen LogP contribution in [-0.4, -0.2) is 11.6 Å². The summed E-state index contributed by atoms with van der Waals surface area (Å²) in [7, 11) is 0. The van der Waals surface area contributed by atoms with Crippen molar-refractivity contribution >= 4 is 33.1 Å². The fraction of sp³-hybridized carbons (Fsp3) is 0.300. The van der Waals surface area contributed by atoms with E-state index in [1.54, 1.807) is 0 Å². The van der Waals surface area contributed by atoms with Gasteiger partial charge in [-0.3, -0.25) is 0 Å². The number of hydrogen-bond acceptors (Lipinski definition) is 2. The Bertz CT molecular complexity index is 341. The molecule has 1 rings (SSSR count). The first-order valence-electron chi connectivity index (χ1n) is 4.37. The average Bonchev–Trinajstić information content (AvgIpc) is 2.15. The van der Waals surface area contributed by atoms with Crippen LogP contribution < -0.4 is 10.5 Å². The molecule has 1 aromatic rings. The summed E-state index contributed by atoms with van der Waals surface area (Å²) >= 11 is 8.30. The molecule has 1 aromatic carbocycles. The first-order valence-corrected chi connectivity index (χ1v) is 5.57. The third kappa shape index (κ3) is 2.96. The molecule has 4 heteroatoms. The van der Waals surface area contributed by atoms with Gasteiger partial charge in [-0.2, -0.15) is 0 Å². The zero-order valence-corrected chi connectivity index (χ0v) is 10.3. The molecule has 0 bridgehead atoms. The largest absolute Gasteiger partial charge is 0.493 e. The smallest absolute Gasteiger partial charge is 0.129 e. The van der Waals surface area contributed by atoms with E-state index in [2.05, 4.69) is 22.9 Å². The van der Waals surface area contributed by atoms with Crippen LogP contribution in [0.3, 0.4) is 0 Å². The molecule has 76 valence electrons. The van der Waals surface area contributed by atoms with Crippen molar-refractivity contribution < 1.29 is 4.74 Å². The second-order valence-electron chi connectivity index (χ2n) is 2.85. The third-order valence-electron chi connectivity index (χ3n) is 1.67. The second kappa shape index (κ2) is 5.32. The lowest BCUT2D eigenvalue weighted by Gasteiger charge is -2.09. The van der Waals surface area contributed by atoms with Crippen molar-refractivity contribution in [2.75, 3.05) is 6.61 Å². The van der Waals surface area contributed by atoms with Crippen LogP contribution in [0.5, 0.6) is 5.75 Å². The van der Waals surface area contributed by atoms with Crippen molar-refractivity contribution in [1.82, 2.24) is 0 Å². The molecule has 2 N–H and O–H groups in total. The van der Waals surface area contributed by atoms with Crippen molar-refractivity contribution in [3.05, 3.63) is 28.2 Å². The molecular weight excluding hydrogens is 262 g/mol. The van der Waals surface area contributed by atoms with Crippen LogP contribution in [0.2, 0.25) is 0 Å². The maximum absolute atomic E-state index is 5.59. The van der Waals surface area contributed by atoms with Crippen LogP contribution in [0.1, 0.15) is 18.9 Å². The molecule has 0 aromatic heterocycles. The molecule has 14 heavy (non-hydrogen) atoms. The molecule has 0 amide bonds. The van der Waals surface area contributed by atoms with Crippen molar-refractivity contribution in [3.8, 4) is 5.75 Å². The van der Waals surface area contributed by atoms with E-state index in [-0.39, 0.29) is 0 Å². The highest BCUT2D eigenvalue weighted by Crippen LogP contribution is 2.23. The number of benzene rings is 1. The summed E-state index contributed by atoms with van der Waals surface area (Å²) in [5.41, 5.74) is 6.37. The van der Waals surface area contributed by atoms with Crippen molar-refractivity contribution in [1.29, 1.82) is 0 Å². The second-order valence-corrected chi connectivity index (χ2v) is 4.21. The molecule has 2 nitrogen and oxygen atoms in total. The topological polar surface area (TPSA) is 35.2 Å². The van der Waals surface area contributed by atoms with Gasteiger partial charge in [-0.05, 0) is 24.6 Å². The Morgan fingerprint density at radius 1 is 1.57 bits per heavy atom. The minimum atomic E-state index is 0.359. The van der Waals surface area contributed by atoms with E-state index >= 15 is 0 Å². The van der Waals surface area contributed by atoms with E-state index in [0.29, 0.717) is 11.6 Å². The molecule has 0 saturated heterocycles. The quantitative estimate of drug-likeness (QED) is 0.857. The minimum absolute atomic E-state index is 0.359. The van der Waals surface area contributed by atoms with Gasteiger partial charge in [-0.1, -0.05) is 35.1 Å². The summed E-state index contributed by atoms with van der Waals surface area (Å²) < 4.78 is 6.46. The van der Waals surface area contributed by atoms with Gasteiger partial charge in [0, 0.05) is 4.47 Å². The third-order valence-corrected chi connectivity index (χ3v) is 2.38. The van der Waals surface area contributed by atoms with Gasteiger partial charge in [-0.15, -0.1) is 0 Å². The van der Waals surface area contributed by atoms with E-state index in [1.807, 2.05) is 18.2 Å². The minimum Gasteiger partial charge on any atom is -0.493 e. The van der Waals surface area contributed by atoms with Gasteiger partial charge in [0.15, 0.2) is 0 Å². The van der Waals surface area contributed by atoms with Gasteiger partial charge in [0.25, 0.3) is 0 Å². The number of hydrogen-bond donors (Lipinski definition) is 1. The Kier molecular flexibility index (Phi) is 4.35. The number of thiocarbonyl (C=S) groups is 1. The fourth-order valence-corrected chi connectivity index (χ4v) is 1.55. The number of ether oxygens (including phenoxy) is 1. The van der Waals surface area contributed by atoms with Gasteiger partial charge >= 0.3 is 0 Å². The number of halogens is 1. The molecular formula is C10H12BrNOS. The number of nitrogens with two attached hydrogens (primary N) is 1. The van der Waals surface area contributed by atoms with Crippen LogP contribution in [0, 0.1) is 0 Å². The highest BCUT2D eigenvalue weighted by atomic mass is 79.9. The van der Waals surface area contributed by atoms with Crippen molar-refractivity contribution in [2.24, 2.45) is 5.73 Å². The highest BCUT2D eigenvalue weighted by molar-refractivity contribution is 9.10. The summed E-state index contributed by atoms with van der Waals surface area (Å²) in [5.74, 6) is 0.752. The predicted molar refractivity (Wildman–Crippen MR) is 65.8 cm³/mol. The molecule has 0 unspecified atom stereocenters. The summed E-state index contributed by atoms with van der Waals surface area (Å²) in [5, 5.41) is 0. The lowest BCUT2D eigenvalue weighted by molar-refractivity contribution is 0.317. The van der Waals surface area contributed by atoms with Crippen LogP contribution in [0.25, 0.3) is 0 Å². The fourth-order valence-electron chi connectivity index (χ4n) is 1.03. The molecule has 0 aliphatic rings. The molecule has 0 atom stereocenters.